The van der Waals surface area contributed by atoms with Crippen LogP contribution < -0.4 is 0 Å². The van der Waals surface area contributed by atoms with Gasteiger partial charge in [0.15, 0.2) is 25.0 Å². The van der Waals surface area contributed by atoms with Crippen molar-refractivity contribution >= 4 is 5.97 Å². The fraction of sp³-hybridized carbons (Fsp3) is 0.938. The van der Waals surface area contributed by atoms with Crippen molar-refractivity contribution in [3.8, 4) is 0 Å². The predicted molar refractivity (Wildman–Crippen MR) is 232 cm³/mol. The second-order valence-electron chi connectivity index (χ2n) is 23.2. The lowest BCUT2D eigenvalue weighted by molar-refractivity contribution is -0.387. The lowest BCUT2D eigenvalue weighted by atomic mass is 9.33. The molecule has 7 fully saturated rings. The second-order valence-corrected chi connectivity index (χ2v) is 23.2. The first-order valence-corrected chi connectivity index (χ1v) is 24.3. The van der Waals surface area contributed by atoms with Gasteiger partial charge in [0, 0.05) is 16.2 Å². The van der Waals surface area contributed by atoms with E-state index in [1.807, 2.05) is 13.8 Å². The van der Waals surface area contributed by atoms with E-state index in [2.05, 4.69) is 33.8 Å². The zero-order valence-corrected chi connectivity index (χ0v) is 40.1. The minimum atomic E-state index is -1.91. The topological polar surface area (TPSA) is 304 Å². The summed E-state index contributed by atoms with van der Waals surface area (Å²) >= 11 is 0. The first-order valence-electron chi connectivity index (χ1n) is 24.3. The highest BCUT2D eigenvalue weighted by atomic mass is 16.8. The van der Waals surface area contributed by atoms with Gasteiger partial charge < -0.3 is 89.3 Å². The molecule has 3 saturated heterocycles. The maximum atomic E-state index is 13.0. The molecule has 0 aromatic rings. The number of aliphatic hydroxyl groups is 11. The van der Waals surface area contributed by atoms with Gasteiger partial charge in [-0.15, -0.1) is 0 Å². The average Bonchev–Trinajstić information content (AvgIpc) is 3.30. The van der Waals surface area contributed by atoms with Crippen LogP contribution in [0.1, 0.15) is 99.8 Å². The SMILES string of the molecule is COC(=O)[C@H]1O[C@@H](O[C@H]2CC[C@@]3(C)[C@@H](CC[C@]4(C)[C@@H]3CC=C3[C@@H]5C[C@](C)(CO)[C@@H](O)[C@@H](O)[C@]5(C)CC[C@]34C)[C@@]2(C)CO)[C@H](O[C@@H]2OC[C@H](O)[C@H](O)[C@H]2O[C@@H]2O[C@@H](C)[C@H](O)[C@@H](O)[C@H]2O)[C@@H](O)[C@@H]1O. The van der Waals surface area contributed by atoms with Crippen molar-refractivity contribution < 1.29 is 94.1 Å². The molecule has 8 aliphatic rings. The van der Waals surface area contributed by atoms with Crippen LogP contribution >= 0.6 is 0 Å². The number of carbonyl (C=O) groups is 1. The number of hydrogen-bond acceptors (Lipinski definition) is 19. The van der Waals surface area contributed by atoms with Crippen molar-refractivity contribution in [3.05, 3.63) is 11.6 Å². The molecule has 3 heterocycles. The molecular weight excluding hydrogens is 881 g/mol. The molecule has 8 rings (SSSR count). The molecule has 384 valence electrons. The van der Waals surface area contributed by atoms with Crippen LogP contribution in [0, 0.1) is 50.2 Å². The van der Waals surface area contributed by atoms with Crippen molar-refractivity contribution in [1.29, 1.82) is 0 Å². The maximum Gasteiger partial charge on any atom is 0.337 e. The fourth-order valence-electron chi connectivity index (χ4n) is 15.0. The van der Waals surface area contributed by atoms with Gasteiger partial charge in [-0.25, -0.2) is 4.79 Å². The third-order valence-electron chi connectivity index (χ3n) is 19.8. The zero-order chi connectivity index (χ0) is 49.1. The van der Waals surface area contributed by atoms with Gasteiger partial charge in [-0.3, -0.25) is 0 Å². The first-order chi connectivity index (χ1) is 31.3. The predicted octanol–water partition coefficient (Wildman–Crippen LogP) is -0.625. The number of ether oxygens (including phenoxy) is 7. The Morgan fingerprint density at radius 1 is 0.687 bits per heavy atom. The van der Waals surface area contributed by atoms with Gasteiger partial charge in [0.1, 0.15) is 54.9 Å². The number of fused-ring (bicyclic) bond motifs is 7. The minimum Gasteiger partial charge on any atom is -0.467 e. The Morgan fingerprint density at radius 3 is 2.01 bits per heavy atom. The highest BCUT2D eigenvalue weighted by Crippen LogP contribution is 2.76. The summed E-state index contributed by atoms with van der Waals surface area (Å²) in [7, 11) is 1.10. The van der Waals surface area contributed by atoms with E-state index in [0.717, 1.165) is 39.2 Å². The van der Waals surface area contributed by atoms with Gasteiger partial charge in [-0.05, 0) is 92.3 Å². The first kappa shape index (κ1) is 51.9. The standard InChI is InChI=1S/C48H78O19/c1-21-28(52)30(54)33(57)40(63-21)66-35-29(53)24(51)18-62-41(35)67-36-32(56)31(55)34(39(60)61-8)65-42(36)64-27-12-13-45(4)25(46(27,5)20-50)11-14-48(7)26(45)10-9-22-23-17-43(2,19-49)37(58)38(59)44(23,3)15-16-47(22,48)6/h9,21,23-38,40-42,49-59H,10-20H2,1-8H3/t21-,23-,24-,25+,26+,27-,28-,29-,30+,31-,32-,33+,34-,35+,36+,37-,38+,40-,41-,42+,43+,44+,45-,46+,47+,48+/m0/s1. The lowest BCUT2D eigenvalue weighted by Gasteiger charge is -2.72. The molecule has 0 bridgehead atoms. The molecule has 0 aromatic heterocycles. The molecule has 3 aliphatic heterocycles. The normalized spacial score (nSPS) is 56.7. The zero-order valence-electron chi connectivity index (χ0n) is 40.1. The molecule has 67 heavy (non-hydrogen) atoms. The summed E-state index contributed by atoms with van der Waals surface area (Å²) in [6.45, 7) is 13.4. The summed E-state index contributed by atoms with van der Waals surface area (Å²) in [5.74, 6) is -0.949. The quantitative estimate of drug-likeness (QED) is 0.0779. The molecule has 4 saturated carbocycles. The summed E-state index contributed by atoms with van der Waals surface area (Å²) < 4.78 is 41.4. The Morgan fingerprint density at radius 2 is 1.36 bits per heavy atom. The molecule has 0 radical (unpaired) electrons. The van der Waals surface area contributed by atoms with Gasteiger partial charge >= 0.3 is 5.97 Å². The van der Waals surface area contributed by atoms with Crippen molar-refractivity contribution in [1.82, 2.24) is 0 Å². The monoisotopic (exact) mass is 959 g/mol. The van der Waals surface area contributed by atoms with E-state index in [9.17, 15) is 61.0 Å². The van der Waals surface area contributed by atoms with E-state index in [1.54, 1.807) is 0 Å². The van der Waals surface area contributed by atoms with Crippen LogP contribution in [0.3, 0.4) is 0 Å². The number of aliphatic hydroxyl groups excluding tert-OH is 11. The number of carbonyl (C=O) groups excluding carboxylic acids is 1. The highest BCUT2D eigenvalue weighted by Gasteiger charge is 2.70. The number of allylic oxidation sites excluding steroid dienone is 2. The molecule has 11 N–H and O–H groups in total. The Hall–Kier alpha value is -1.47. The highest BCUT2D eigenvalue weighted by molar-refractivity contribution is 5.75. The van der Waals surface area contributed by atoms with Crippen LogP contribution in [0.5, 0.6) is 0 Å². The van der Waals surface area contributed by atoms with E-state index in [0.29, 0.717) is 19.3 Å². The van der Waals surface area contributed by atoms with E-state index >= 15 is 0 Å². The third kappa shape index (κ3) is 7.83. The summed E-state index contributed by atoms with van der Waals surface area (Å²) in [6.07, 6.45) is -17.9. The molecular formula is C48H78O19. The maximum absolute atomic E-state index is 13.0. The van der Waals surface area contributed by atoms with Crippen LogP contribution in [-0.4, -0.2) is 193 Å². The Balaban J connectivity index is 1.07. The van der Waals surface area contributed by atoms with Gasteiger partial charge in [-0.2, -0.15) is 0 Å². The number of methoxy groups -OCH3 is 1. The Kier molecular flexibility index (Phi) is 14.1. The van der Waals surface area contributed by atoms with E-state index in [1.165, 1.54) is 12.5 Å². The molecule has 19 nitrogen and oxygen atoms in total. The van der Waals surface area contributed by atoms with Crippen LogP contribution in [0.2, 0.25) is 0 Å². The van der Waals surface area contributed by atoms with E-state index in [4.69, 9.17) is 33.2 Å². The largest absolute Gasteiger partial charge is 0.467 e. The fourth-order valence-corrected chi connectivity index (χ4v) is 15.0. The molecule has 26 atom stereocenters. The molecule has 0 amide bonds. The van der Waals surface area contributed by atoms with Crippen LogP contribution in [0.25, 0.3) is 0 Å². The minimum absolute atomic E-state index is 0.0303. The number of hydrogen-bond donors (Lipinski definition) is 11. The molecule has 0 spiro atoms. The van der Waals surface area contributed by atoms with E-state index in [-0.39, 0.29) is 47.2 Å². The van der Waals surface area contributed by atoms with Crippen molar-refractivity contribution in [3.63, 3.8) is 0 Å². The van der Waals surface area contributed by atoms with Crippen LogP contribution in [0.4, 0.5) is 0 Å². The van der Waals surface area contributed by atoms with Crippen molar-refractivity contribution in [2.24, 2.45) is 50.2 Å². The van der Waals surface area contributed by atoms with Crippen molar-refractivity contribution in [2.75, 3.05) is 26.9 Å². The van der Waals surface area contributed by atoms with Gasteiger partial charge in [0.2, 0.25) is 0 Å². The van der Waals surface area contributed by atoms with Crippen LogP contribution in [0.15, 0.2) is 11.6 Å². The van der Waals surface area contributed by atoms with Crippen LogP contribution in [-0.2, 0) is 38.0 Å². The summed E-state index contributed by atoms with van der Waals surface area (Å²) in [6, 6.07) is 0. The summed E-state index contributed by atoms with van der Waals surface area (Å²) in [5, 5.41) is 121. The summed E-state index contributed by atoms with van der Waals surface area (Å²) in [4.78, 5) is 13.0. The molecule has 0 aromatic carbocycles. The molecule has 5 aliphatic carbocycles. The van der Waals surface area contributed by atoms with E-state index < -0.39 is 133 Å². The average molecular weight is 959 g/mol. The van der Waals surface area contributed by atoms with Gasteiger partial charge in [-0.1, -0.05) is 53.2 Å². The number of rotatable bonds is 9. The summed E-state index contributed by atoms with van der Waals surface area (Å²) in [5.41, 5.74) is -1.76. The Labute approximate surface area is 392 Å². The third-order valence-corrected chi connectivity index (χ3v) is 19.8. The number of esters is 1. The van der Waals surface area contributed by atoms with Crippen molar-refractivity contribution in [2.45, 2.75) is 204 Å². The molecule has 19 heteroatoms. The smallest absolute Gasteiger partial charge is 0.337 e. The molecule has 0 unspecified atom stereocenters. The Bertz CT molecular complexity index is 1840. The second kappa shape index (κ2) is 18.2. The lowest BCUT2D eigenvalue weighted by Crippen LogP contribution is -2.68. The van der Waals surface area contributed by atoms with Gasteiger partial charge in [0.05, 0.1) is 51.3 Å². The van der Waals surface area contributed by atoms with Gasteiger partial charge in [0.25, 0.3) is 0 Å².